The molecule has 0 aliphatic carbocycles. The minimum atomic E-state index is -0.909. The van der Waals surface area contributed by atoms with Gasteiger partial charge in [0.1, 0.15) is 6.54 Å². The number of aromatic nitrogens is 5. The zero-order chi connectivity index (χ0) is 13.0. The summed E-state index contributed by atoms with van der Waals surface area (Å²) in [5.74, 6) is 0. The molecular formula is C9H9ClN6O2. The maximum Gasteiger partial charge on any atom is 0.405 e. The molecule has 0 aliphatic rings. The summed E-state index contributed by atoms with van der Waals surface area (Å²) < 4.78 is 4.99. The van der Waals surface area contributed by atoms with Gasteiger partial charge < -0.3 is 10.5 Å². The quantitative estimate of drug-likeness (QED) is 0.868. The van der Waals surface area contributed by atoms with Crippen LogP contribution in [0.15, 0.2) is 24.3 Å². The molecule has 0 bridgehead atoms. The number of rotatable bonds is 4. The molecule has 1 aromatic carbocycles. The third-order valence-corrected chi connectivity index (χ3v) is 2.51. The first-order chi connectivity index (χ1) is 8.66. The Balaban J connectivity index is 2.25. The second kappa shape index (κ2) is 5.41. The van der Waals surface area contributed by atoms with Crippen molar-refractivity contribution in [2.24, 2.45) is 5.73 Å². The van der Waals surface area contributed by atoms with Crippen LogP contribution in [0.3, 0.4) is 0 Å². The van der Waals surface area contributed by atoms with E-state index in [0.717, 1.165) is 0 Å². The fourth-order valence-electron chi connectivity index (χ4n) is 1.44. The number of hydrogen-bond acceptors (Lipinski definition) is 6. The zero-order valence-electron chi connectivity index (χ0n) is 9.10. The van der Waals surface area contributed by atoms with Crippen LogP contribution in [0.25, 0.3) is 0 Å². The second-order valence-corrected chi connectivity index (χ2v) is 3.77. The molecule has 0 saturated heterocycles. The molecule has 2 rings (SSSR count). The van der Waals surface area contributed by atoms with E-state index in [-0.39, 0.29) is 6.54 Å². The number of ether oxygens (including phenoxy) is 1. The van der Waals surface area contributed by atoms with Crippen molar-refractivity contribution in [2.75, 3.05) is 0 Å². The SMILES string of the molecule is NC(=O)O[C@@H](Cn1nnnn1)c1ccccc1Cl. The van der Waals surface area contributed by atoms with Crippen LogP contribution in [0.5, 0.6) is 0 Å². The van der Waals surface area contributed by atoms with Crippen LogP contribution in [0.1, 0.15) is 11.7 Å². The van der Waals surface area contributed by atoms with E-state index in [9.17, 15) is 4.79 Å². The Morgan fingerprint density at radius 3 is 2.67 bits per heavy atom. The van der Waals surface area contributed by atoms with Gasteiger partial charge in [-0.3, -0.25) is 0 Å². The molecule has 9 heteroatoms. The van der Waals surface area contributed by atoms with Crippen LogP contribution < -0.4 is 5.73 Å². The van der Waals surface area contributed by atoms with Crippen LogP contribution in [-0.4, -0.2) is 31.7 Å². The Morgan fingerprint density at radius 2 is 2.06 bits per heavy atom. The molecule has 0 spiro atoms. The molecule has 0 aliphatic heterocycles. The van der Waals surface area contributed by atoms with Crippen molar-refractivity contribution in [3.63, 3.8) is 0 Å². The highest BCUT2D eigenvalue weighted by Crippen LogP contribution is 2.26. The normalized spacial score (nSPS) is 12.1. The van der Waals surface area contributed by atoms with Gasteiger partial charge >= 0.3 is 6.09 Å². The van der Waals surface area contributed by atoms with Gasteiger partial charge in [0.2, 0.25) is 0 Å². The standard InChI is InChI=1S/C9H9ClN6O2/c10-7-4-2-1-3-6(7)8(18-9(11)17)5-16-14-12-13-15-16/h1-4,8H,5H2,(H2,11,17)/t8-/m0/s1. The Bertz CT molecular complexity index is 532. The van der Waals surface area contributed by atoms with E-state index in [1.807, 2.05) is 0 Å². The first-order valence-corrected chi connectivity index (χ1v) is 5.34. The minimum absolute atomic E-state index is 0.125. The lowest BCUT2D eigenvalue weighted by Crippen LogP contribution is -2.22. The number of primary amides is 1. The molecule has 0 saturated carbocycles. The highest BCUT2D eigenvalue weighted by atomic mass is 35.5. The molecule has 1 atom stereocenters. The van der Waals surface area contributed by atoms with Crippen molar-refractivity contribution in [3.8, 4) is 0 Å². The van der Waals surface area contributed by atoms with Crippen LogP contribution in [0, 0.1) is 0 Å². The number of carbonyl (C=O) groups excluding carboxylic acids is 1. The predicted octanol–water partition coefficient (Wildman–Crippen LogP) is 0.558. The molecule has 94 valence electrons. The Kier molecular flexibility index (Phi) is 3.68. The van der Waals surface area contributed by atoms with E-state index < -0.39 is 12.2 Å². The average molecular weight is 269 g/mol. The largest absolute Gasteiger partial charge is 0.439 e. The lowest BCUT2D eigenvalue weighted by atomic mass is 10.1. The molecule has 1 aromatic heterocycles. The second-order valence-electron chi connectivity index (χ2n) is 3.36. The van der Waals surface area contributed by atoms with Gasteiger partial charge in [-0.1, -0.05) is 29.8 Å². The number of hydrogen-bond donors (Lipinski definition) is 1. The van der Waals surface area contributed by atoms with Crippen LogP contribution in [0.4, 0.5) is 4.79 Å². The Morgan fingerprint density at radius 1 is 1.39 bits per heavy atom. The van der Waals surface area contributed by atoms with Gasteiger partial charge in [0.15, 0.2) is 6.10 Å². The van der Waals surface area contributed by atoms with Gasteiger partial charge in [0, 0.05) is 10.6 Å². The molecule has 18 heavy (non-hydrogen) atoms. The van der Waals surface area contributed by atoms with Gasteiger partial charge in [0.25, 0.3) is 0 Å². The van der Waals surface area contributed by atoms with Crippen LogP contribution in [-0.2, 0) is 11.3 Å². The number of nitrogens with zero attached hydrogens (tertiary/aromatic N) is 5. The number of carbonyl (C=O) groups is 1. The number of benzene rings is 1. The van der Waals surface area contributed by atoms with Crippen molar-refractivity contribution in [2.45, 2.75) is 12.6 Å². The van der Waals surface area contributed by atoms with Crippen LogP contribution >= 0.6 is 11.6 Å². The van der Waals surface area contributed by atoms with E-state index in [2.05, 4.69) is 20.9 Å². The minimum Gasteiger partial charge on any atom is -0.439 e. The van der Waals surface area contributed by atoms with Gasteiger partial charge in [-0.15, -0.1) is 4.80 Å². The van der Waals surface area contributed by atoms with Gasteiger partial charge in [-0.25, -0.2) is 4.79 Å². The fraction of sp³-hybridized carbons (Fsp3) is 0.222. The molecule has 2 N–H and O–H groups in total. The third-order valence-electron chi connectivity index (χ3n) is 2.17. The number of nitrogens with two attached hydrogens (primary N) is 1. The molecule has 1 amide bonds. The van der Waals surface area contributed by atoms with E-state index in [0.29, 0.717) is 10.6 Å². The van der Waals surface area contributed by atoms with Crippen LogP contribution in [0.2, 0.25) is 5.02 Å². The summed E-state index contributed by atoms with van der Waals surface area (Å²) in [6.45, 7) is 0.125. The molecular weight excluding hydrogens is 260 g/mol. The van der Waals surface area contributed by atoms with E-state index >= 15 is 0 Å². The van der Waals surface area contributed by atoms with E-state index in [1.54, 1.807) is 24.3 Å². The number of halogens is 1. The van der Waals surface area contributed by atoms with Gasteiger partial charge in [-0.2, -0.15) is 0 Å². The van der Waals surface area contributed by atoms with E-state index in [1.165, 1.54) is 4.80 Å². The molecule has 0 unspecified atom stereocenters. The summed E-state index contributed by atoms with van der Waals surface area (Å²) in [5, 5.41) is 14.3. The lowest BCUT2D eigenvalue weighted by molar-refractivity contribution is 0.0898. The summed E-state index contributed by atoms with van der Waals surface area (Å²) in [6, 6.07) is 6.94. The van der Waals surface area contributed by atoms with Crippen molar-refractivity contribution in [3.05, 3.63) is 34.9 Å². The molecule has 0 radical (unpaired) electrons. The molecule has 8 nitrogen and oxygen atoms in total. The molecule has 1 heterocycles. The van der Waals surface area contributed by atoms with Crippen molar-refractivity contribution >= 4 is 17.7 Å². The topological polar surface area (TPSA) is 109 Å². The van der Waals surface area contributed by atoms with E-state index in [4.69, 9.17) is 22.1 Å². The zero-order valence-corrected chi connectivity index (χ0v) is 9.86. The smallest absolute Gasteiger partial charge is 0.405 e. The van der Waals surface area contributed by atoms with Gasteiger partial charge in [0.05, 0.1) is 0 Å². The van der Waals surface area contributed by atoms with Crippen molar-refractivity contribution in [1.82, 2.24) is 25.7 Å². The maximum atomic E-state index is 10.9. The fourth-order valence-corrected chi connectivity index (χ4v) is 1.70. The summed E-state index contributed by atoms with van der Waals surface area (Å²) >= 11 is 6.03. The number of amides is 1. The third kappa shape index (κ3) is 2.92. The highest BCUT2D eigenvalue weighted by molar-refractivity contribution is 6.31. The molecule has 0 fully saturated rings. The first kappa shape index (κ1) is 12.2. The summed E-state index contributed by atoms with van der Waals surface area (Å²) in [6.07, 6.45) is -1.61. The molecule has 2 aromatic rings. The predicted molar refractivity (Wildman–Crippen MR) is 60.5 cm³/mol. The first-order valence-electron chi connectivity index (χ1n) is 4.96. The summed E-state index contributed by atoms with van der Waals surface area (Å²) in [4.78, 5) is 12.1. The monoisotopic (exact) mass is 268 g/mol. The van der Waals surface area contributed by atoms with Crippen molar-refractivity contribution < 1.29 is 9.53 Å². The summed E-state index contributed by atoms with van der Waals surface area (Å²) in [7, 11) is 0. The van der Waals surface area contributed by atoms with Crippen molar-refractivity contribution in [1.29, 1.82) is 0 Å². The maximum absolute atomic E-state index is 10.9. The Hall–Kier alpha value is -2.22. The lowest BCUT2D eigenvalue weighted by Gasteiger charge is -2.16. The average Bonchev–Trinajstić information content (AvgIpc) is 2.81. The van der Waals surface area contributed by atoms with Gasteiger partial charge in [-0.05, 0) is 26.9 Å². The highest BCUT2D eigenvalue weighted by Gasteiger charge is 2.19. The Labute approximate surface area is 107 Å². The summed E-state index contributed by atoms with van der Waals surface area (Å²) in [5.41, 5.74) is 5.63.